The number of methoxy groups -OCH3 is 1. The fourth-order valence-electron chi connectivity index (χ4n) is 2.08. The van der Waals surface area contributed by atoms with E-state index in [9.17, 15) is 4.79 Å². The van der Waals surface area contributed by atoms with Gasteiger partial charge in [-0.05, 0) is 43.7 Å². The van der Waals surface area contributed by atoms with Gasteiger partial charge in [-0.25, -0.2) is 5.43 Å². The van der Waals surface area contributed by atoms with E-state index in [4.69, 9.17) is 37.4 Å². The molecular formula is C19H20Cl2N2O4. The van der Waals surface area contributed by atoms with E-state index < -0.39 is 5.91 Å². The summed E-state index contributed by atoms with van der Waals surface area (Å²) in [5.41, 5.74) is 3.01. The first kappa shape index (κ1) is 20.9. The van der Waals surface area contributed by atoms with Gasteiger partial charge in [0.25, 0.3) is 5.91 Å². The minimum atomic E-state index is -0.427. The third kappa shape index (κ3) is 6.34. The van der Waals surface area contributed by atoms with Gasteiger partial charge in [0, 0.05) is 0 Å². The normalized spacial score (nSPS) is 10.9. The van der Waals surface area contributed by atoms with Gasteiger partial charge < -0.3 is 14.2 Å². The second-order valence-electron chi connectivity index (χ2n) is 5.71. The third-order valence-electron chi connectivity index (χ3n) is 3.20. The molecule has 0 aliphatic rings. The molecular weight excluding hydrogens is 391 g/mol. The van der Waals surface area contributed by atoms with Crippen LogP contribution in [0.5, 0.6) is 17.2 Å². The van der Waals surface area contributed by atoms with Crippen molar-refractivity contribution in [2.45, 2.75) is 20.0 Å². The number of hydrazone groups is 1. The molecule has 1 amide bonds. The number of hydrogen-bond donors (Lipinski definition) is 1. The highest BCUT2D eigenvalue weighted by Crippen LogP contribution is 2.36. The van der Waals surface area contributed by atoms with Gasteiger partial charge in [-0.2, -0.15) is 5.10 Å². The van der Waals surface area contributed by atoms with Crippen LogP contribution in [0, 0.1) is 0 Å². The molecule has 0 aliphatic carbocycles. The number of ether oxygens (including phenoxy) is 3. The van der Waals surface area contributed by atoms with Crippen LogP contribution in [0.3, 0.4) is 0 Å². The Morgan fingerprint density at radius 2 is 1.93 bits per heavy atom. The van der Waals surface area contributed by atoms with E-state index in [1.54, 1.807) is 36.4 Å². The molecule has 0 bridgehead atoms. The Labute approximate surface area is 168 Å². The maximum atomic E-state index is 11.8. The Kier molecular flexibility index (Phi) is 7.76. The Hall–Kier alpha value is -2.44. The quantitative estimate of drug-likeness (QED) is 0.519. The van der Waals surface area contributed by atoms with Crippen LogP contribution in [0.2, 0.25) is 10.0 Å². The SMILES string of the molecule is COc1cc(/C=N\NC(=O)COc2ccccc2Cl)cc(Cl)c1OC(C)C. The van der Waals surface area contributed by atoms with Gasteiger partial charge in [-0.1, -0.05) is 35.3 Å². The van der Waals surface area contributed by atoms with Crippen LogP contribution < -0.4 is 19.6 Å². The van der Waals surface area contributed by atoms with E-state index in [-0.39, 0.29) is 12.7 Å². The summed E-state index contributed by atoms with van der Waals surface area (Å²) < 4.78 is 16.3. The molecule has 0 saturated heterocycles. The van der Waals surface area contributed by atoms with Gasteiger partial charge in [0.05, 0.1) is 29.5 Å². The molecule has 0 atom stereocenters. The molecule has 0 unspecified atom stereocenters. The smallest absolute Gasteiger partial charge is 0.277 e. The number of nitrogens with zero attached hydrogens (tertiary/aromatic N) is 1. The van der Waals surface area contributed by atoms with Crippen LogP contribution in [0.25, 0.3) is 0 Å². The molecule has 27 heavy (non-hydrogen) atoms. The van der Waals surface area contributed by atoms with Crippen LogP contribution in [0.1, 0.15) is 19.4 Å². The van der Waals surface area contributed by atoms with Crippen molar-refractivity contribution in [1.29, 1.82) is 0 Å². The lowest BCUT2D eigenvalue weighted by Gasteiger charge is -2.15. The first-order valence-corrected chi connectivity index (χ1v) is 8.89. The molecule has 2 rings (SSSR count). The third-order valence-corrected chi connectivity index (χ3v) is 3.80. The summed E-state index contributed by atoms with van der Waals surface area (Å²) in [4.78, 5) is 11.8. The van der Waals surface area contributed by atoms with Gasteiger partial charge in [0.15, 0.2) is 18.1 Å². The molecule has 2 aromatic rings. The van der Waals surface area contributed by atoms with Crippen molar-refractivity contribution < 1.29 is 19.0 Å². The molecule has 0 aromatic heterocycles. The Bertz CT molecular complexity index is 825. The number of hydrogen-bond acceptors (Lipinski definition) is 5. The van der Waals surface area contributed by atoms with E-state index in [0.29, 0.717) is 32.9 Å². The first-order valence-electron chi connectivity index (χ1n) is 8.14. The van der Waals surface area contributed by atoms with Crippen molar-refractivity contribution in [2.75, 3.05) is 13.7 Å². The first-order chi connectivity index (χ1) is 12.9. The lowest BCUT2D eigenvalue weighted by molar-refractivity contribution is -0.123. The molecule has 0 fully saturated rings. The summed E-state index contributed by atoms with van der Waals surface area (Å²) in [6.07, 6.45) is 1.40. The summed E-state index contributed by atoms with van der Waals surface area (Å²) in [6.45, 7) is 3.57. The molecule has 0 heterocycles. The predicted octanol–water partition coefficient (Wildman–Crippen LogP) is 4.32. The van der Waals surface area contributed by atoms with Crippen molar-refractivity contribution >= 4 is 35.3 Å². The van der Waals surface area contributed by atoms with E-state index in [2.05, 4.69) is 10.5 Å². The number of carbonyl (C=O) groups is 1. The molecule has 0 saturated carbocycles. The standard InChI is InChI=1S/C19H20Cl2N2O4/c1-12(2)27-19-15(21)8-13(9-17(19)25-3)10-22-23-18(24)11-26-16-7-5-4-6-14(16)20/h4-10,12H,11H2,1-3H3,(H,23,24)/b22-10-. The van der Waals surface area contributed by atoms with Crippen LogP contribution in [0.15, 0.2) is 41.5 Å². The summed E-state index contributed by atoms with van der Waals surface area (Å²) >= 11 is 12.2. The average molecular weight is 411 g/mol. The summed E-state index contributed by atoms with van der Waals surface area (Å²) in [5.74, 6) is 0.939. The molecule has 8 heteroatoms. The average Bonchev–Trinajstić information content (AvgIpc) is 2.62. The fourth-order valence-corrected chi connectivity index (χ4v) is 2.53. The maximum Gasteiger partial charge on any atom is 0.277 e. The van der Waals surface area contributed by atoms with Crippen LogP contribution in [-0.2, 0) is 4.79 Å². The zero-order chi connectivity index (χ0) is 19.8. The minimum absolute atomic E-state index is 0.0478. The van der Waals surface area contributed by atoms with Gasteiger partial charge in [0.2, 0.25) is 0 Å². The lowest BCUT2D eigenvalue weighted by atomic mass is 10.2. The Balaban J connectivity index is 1.96. The zero-order valence-corrected chi connectivity index (χ0v) is 16.7. The van der Waals surface area contributed by atoms with Crippen molar-refractivity contribution in [3.8, 4) is 17.2 Å². The predicted molar refractivity (Wildman–Crippen MR) is 106 cm³/mol. The van der Waals surface area contributed by atoms with Gasteiger partial charge in [0.1, 0.15) is 5.75 Å². The monoisotopic (exact) mass is 410 g/mol. The fraction of sp³-hybridized carbons (Fsp3) is 0.263. The van der Waals surface area contributed by atoms with Crippen LogP contribution in [-0.4, -0.2) is 31.9 Å². The molecule has 0 radical (unpaired) electrons. The largest absolute Gasteiger partial charge is 0.493 e. The van der Waals surface area contributed by atoms with Crippen molar-refractivity contribution in [3.05, 3.63) is 52.0 Å². The van der Waals surface area contributed by atoms with Crippen molar-refractivity contribution in [3.63, 3.8) is 0 Å². The van der Waals surface area contributed by atoms with Crippen molar-refractivity contribution in [2.24, 2.45) is 5.10 Å². The summed E-state index contributed by atoms with van der Waals surface area (Å²) in [6, 6.07) is 10.3. The highest BCUT2D eigenvalue weighted by atomic mass is 35.5. The zero-order valence-electron chi connectivity index (χ0n) is 15.2. The second-order valence-corrected chi connectivity index (χ2v) is 6.53. The number of amides is 1. The summed E-state index contributed by atoms with van der Waals surface area (Å²) in [5, 5.41) is 4.71. The number of benzene rings is 2. The highest BCUT2D eigenvalue weighted by molar-refractivity contribution is 6.32. The molecule has 0 spiro atoms. The number of carbonyl (C=O) groups excluding carboxylic acids is 1. The number of rotatable bonds is 8. The molecule has 2 aromatic carbocycles. The topological polar surface area (TPSA) is 69.2 Å². The molecule has 1 N–H and O–H groups in total. The van der Waals surface area contributed by atoms with Crippen molar-refractivity contribution in [1.82, 2.24) is 5.43 Å². The molecule has 144 valence electrons. The van der Waals surface area contributed by atoms with E-state index in [1.807, 2.05) is 13.8 Å². The van der Waals surface area contributed by atoms with Gasteiger partial charge in [-0.15, -0.1) is 0 Å². The van der Waals surface area contributed by atoms with Crippen LogP contribution in [0.4, 0.5) is 0 Å². The minimum Gasteiger partial charge on any atom is -0.493 e. The molecule has 6 nitrogen and oxygen atoms in total. The van der Waals surface area contributed by atoms with E-state index >= 15 is 0 Å². The van der Waals surface area contributed by atoms with Crippen LogP contribution >= 0.6 is 23.2 Å². The van der Waals surface area contributed by atoms with E-state index in [0.717, 1.165) is 0 Å². The number of nitrogens with one attached hydrogen (secondary N) is 1. The maximum absolute atomic E-state index is 11.8. The number of halogens is 2. The van der Waals surface area contributed by atoms with Gasteiger partial charge in [-0.3, -0.25) is 4.79 Å². The van der Waals surface area contributed by atoms with E-state index in [1.165, 1.54) is 13.3 Å². The van der Waals surface area contributed by atoms with Gasteiger partial charge >= 0.3 is 0 Å². The second kappa shape index (κ2) is 10.0. The molecule has 0 aliphatic heterocycles. The Morgan fingerprint density at radius 1 is 1.19 bits per heavy atom. The Morgan fingerprint density at radius 3 is 2.59 bits per heavy atom. The number of para-hydroxylation sites is 1. The summed E-state index contributed by atoms with van der Waals surface area (Å²) in [7, 11) is 1.52. The lowest BCUT2D eigenvalue weighted by Crippen LogP contribution is -2.24. The highest BCUT2D eigenvalue weighted by Gasteiger charge is 2.13.